The maximum absolute atomic E-state index is 12.7. The van der Waals surface area contributed by atoms with Gasteiger partial charge in [0.15, 0.2) is 0 Å². The van der Waals surface area contributed by atoms with Crippen LogP contribution in [0.25, 0.3) is 11.1 Å². The van der Waals surface area contributed by atoms with Crippen LogP contribution in [0.1, 0.15) is 56.1 Å². The number of ether oxygens (including phenoxy) is 1. The number of benzene rings is 2. The molecule has 0 saturated heterocycles. The van der Waals surface area contributed by atoms with Gasteiger partial charge in [-0.3, -0.25) is 9.59 Å². The van der Waals surface area contributed by atoms with E-state index in [1.54, 1.807) is 0 Å². The molecule has 2 aromatic rings. The zero-order valence-electron chi connectivity index (χ0n) is 19.5. The molecule has 0 bridgehead atoms. The molecule has 0 radical (unpaired) electrons. The van der Waals surface area contributed by atoms with Gasteiger partial charge in [0, 0.05) is 18.5 Å². The van der Waals surface area contributed by atoms with Crippen molar-refractivity contribution in [2.24, 2.45) is 11.8 Å². The Kier molecular flexibility index (Phi) is 7.50. The Bertz CT molecular complexity index is 1010. The molecule has 2 aliphatic rings. The van der Waals surface area contributed by atoms with Gasteiger partial charge in [0.2, 0.25) is 5.91 Å². The zero-order chi connectivity index (χ0) is 24.1. The van der Waals surface area contributed by atoms with E-state index in [2.05, 4.69) is 34.9 Å². The van der Waals surface area contributed by atoms with E-state index in [1.807, 2.05) is 31.2 Å². The topological polar surface area (TPSA) is 105 Å². The van der Waals surface area contributed by atoms with Gasteiger partial charge >= 0.3 is 12.1 Å². The van der Waals surface area contributed by atoms with E-state index < -0.39 is 23.9 Å². The molecule has 0 aliphatic heterocycles. The van der Waals surface area contributed by atoms with Crippen LogP contribution in [-0.4, -0.2) is 42.3 Å². The number of aliphatic carboxylic acids is 1. The normalized spacial score (nSPS) is 20.0. The molecule has 2 aromatic carbocycles. The lowest BCUT2D eigenvalue weighted by Crippen LogP contribution is -2.45. The molecule has 2 aliphatic carbocycles. The van der Waals surface area contributed by atoms with E-state index in [0.29, 0.717) is 19.3 Å². The Labute approximate surface area is 199 Å². The van der Waals surface area contributed by atoms with Gasteiger partial charge in [0.25, 0.3) is 0 Å². The number of carboxylic acids is 1. The quantitative estimate of drug-likeness (QED) is 0.540. The molecular formula is C27H32N2O5. The highest BCUT2D eigenvalue weighted by atomic mass is 16.5. The Hall–Kier alpha value is -3.35. The number of nitrogens with one attached hydrogen (secondary N) is 2. The average Bonchev–Trinajstić information content (AvgIpc) is 3.17. The first-order valence-electron chi connectivity index (χ1n) is 12.1. The number of amides is 2. The van der Waals surface area contributed by atoms with Crippen molar-refractivity contribution in [2.75, 3.05) is 13.2 Å². The SMILES string of the molecule is CCC(CNC(=O)OCC1c2ccccc2-c2ccccc21)C(=O)N[C@@H]1CCC[C@@H](C(=O)O)C1. The second-order valence-electron chi connectivity index (χ2n) is 9.22. The van der Waals surface area contributed by atoms with Crippen LogP contribution in [0.15, 0.2) is 48.5 Å². The summed E-state index contributed by atoms with van der Waals surface area (Å²) in [7, 11) is 0. The maximum atomic E-state index is 12.7. The van der Waals surface area contributed by atoms with Crippen molar-refractivity contribution in [3.8, 4) is 11.1 Å². The van der Waals surface area contributed by atoms with Gasteiger partial charge in [-0.1, -0.05) is 61.9 Å². The van der Waals surface area contributed by atoms with Gasteiger partial charge in [-0.25, -0.2) is 4.79 Å². The largest absolute Gasteiger partial charge is 0.481 e. The van der Waals surface area contributed by atoms with Gasteiger partial charge in [-0.15, -0.1) is 0 Å². The summed E-state index contributed by atoms with van der Waals surface area (Å²) in [6.45, 7) is 2.29. The fraction of sp³-hybridized carbons (Fsp3) is 0.444. The lowest BCUT2D eigenvalue weighted by Gasteiger charge is -2.28. The predicted octanol–water partition coefficient (Wildman–Crippen LogP) is 4.31. The maximum Gasteiger partial charge on any atom is 0.407 e. The summed E-state index contributed by atoms with van der Waals surface area (Å²) in [6, 6.07) is 16.2. The highest BCUT2D eigenvalue weighted by Crippen LogP contribution is 2.44. The molecule has 2 amide bonds. The fourth-order valence-corrected chi connectivity index (χ4v) is 5.14. The summed E-state index contributed by atoms with van der Waals surface area (Å²) in [4.78, 5) is 36.4. The van der Waals surface area contributed by atoms with E-state index in [9.17, 15) is 19.5 Å². The van der Waals surface area contributed by atoms with Gasteiger partial charge < -0.3 is 20.5 Å². The van der Waals surface area contributed by atoms with Crippen molar-refractivity contribution in [3.05, 3.63) is 59.7 Å². The van der Waals surface area contributed by atoms with Gasteiger partial charge in [-0.2, -0.15) is 0 Å². The van der Waals surface area contributed by atoms with Crippen LogP contribution in [0, 0.1) is 11.8 Å². The Morgan fingerprint density at radius 2 is 1.68 bits per heavy atom. The van der Waals surface area contributed by atoms with Crippen LogP contribution in [0.3, 0.4) is 0 Å². The van der Waals surface area contributed by atoms with Crippen molar-refractivity contribution in [3.63, 3.8) is 0 Å². The number of alkyl carbamates (subject to hydrolysis) is 1. The second-order valence-corrected chi connectivity index (χ2v) is 9.22. The summed E-state index contributed by atoms with van der Waals surface area (Å²) in [5, 5.41) is 15.0. The van der Waals surface area contributed by atoms with E-state index in [4.69, 9.17) is 4.74 Å². The standard InChI is InChI=1S/C27H32N2O5/c1-2-17(25(30)29-19-9-7-8-18(14-19)26(31)32)15-28-27(33)34-16-24-22-12-5-3-10-20(22)21-11-4-6-13-23(21)24/h3-6,10-13,17-19,24H,2,7-9,14-16H2,1H3,(H,28,33)(H,29,30)(H,31,32)/t17?,18-,19-/m1/s1. The first-order chi connectivity index (χ1) is 16.5. The number of hydrogen-bond donors (Lipinski definition) is 3. The third kappa shape index (κ3) is 5.24. The molecular weight excluding hydrogens is 432 g/mol. The lowest BCUT2D eigenvalue weighted by molar-refractivity contribution is -0.143. The smallest absolute Gasteiger partial charge is 0.407 e. The first-order valence-corrected chi connectivity index (χ1v) is 12.1. The van der Waals surface area contributed by atoms with Crippen molar-refractivity contribution >= 4 is 18.0 Å². The van der Waals surface area contributed by atoms with E-state index in [-0.39, 0.29) is 31.0 Å². The van der Waals surface area contributed by atoms with Crippen LogP contribution >= 0.6 is 0 Å². The molecule has 1 fully saturated rings. The number of carbonyl (C=O) groups is 3. The molecule has 0 heterocycles. The first kappa shape index (κ1) is 23.8. The summed E-state index contributed by atoms with van der Waals surface area (Å²) in [6.07, 6.45) is 2.70. The third-order valence-electron chi connectivity index (χ3n) is 7.07. The van der Waals surface area contributed by atoms with Crippen LogP contribution < -0.4 is 10.6 Å². The van der Waals surface area contributed by atoms with Crippen LogP contribution in [-0.2, 0) is 14.3 Å². The zero-order valence-corrected chi connectivity index (χ0v) is 19.5. The lowest BCUT2D eigenvalue weighted by atomic mass is 9.85. The van der Waals surface area contributed by atoms with Gasteiger partial charge in [0.1, 0.15) is 6.61 Å². The van der Waals surface area contributed by atoms with Crippen molar-refractivity contribution in [2.45, 2.75) is 51.0 Å². The van der Waals surface area contributed by atoms with Crippen molar-refractivity contribution < 1.29 is 24.2 Å². The minimum absolute atomic E-state index is 0.0168. The fourth-order valence-electron chi connectivity index (χ4n) is 5.14. The number of rotatable bonds is 8. The molecule has 7 heteroatoms. The molecule has 1 saturated carbocycles. The highest BCUT2D eigenvalue weighted by molar-refractivity contribution is 5.81. The molecule has 4 rings (SSSR count). The number of hydrogen-bond acceptors (Lipinski definition) is 4. The Balaban J connectivity index is 1.28. The van der Waals surface area contributed by atoms with E-state index in [0.717, 1.165) is 24.0 Å². The Morgan fingerprint density at radius 3 is 2.29 bits per heavy atom. The van der Waals surface area contributed by atoms with Gasteiger partial charge in [0.05, 0.1) is 11.8 Å². The minimum atomic E-state index is -0.803. The molecule has 1 unspecified atom stereocenters. The second kappa shape index (κ2) is 10.7. The number of fused-ring (bicyclic) bond motifs is 3. The molecule has 7 nitrogen and oxygen atoms in total. The summed E-state index contributed by atoms with van der Waals surface area (Å²) in [5.41, 5.74) is 4.63. The van der Waals surface area contributed by atoms with Crippen molar-refractivity contribution in [1.29, 1.82) is 0 Å². The van der Waals surface area contributed by atoms with E-state index in [1.165, 1.54) is 11.1 Å². The molecule has 0 spiro atoms. The van der Waals surface area contributed by atoms with Gasteiger partial charge in [-0.05, 0) is 47.9 Å². The van der Waals surface area contributed by atoms with Crippen LogP contribution in [0.5, 0.6) is 0 Å². The number of carboxylic acid groups (broad SMARTS) is 1. The number of carbonyl (C=O) groups excluding carboxylic acids is 2. The molecule has 0 aromatic heterocycles. The Morgan fingerprint density at radius 1 is 1.03 bits per heavy atom. The van der Waals surface area contributed by atoms with Crippen LogP contribution in [0.4, 0.5) is 4.79 Å². The summed E-state index contributed by atoms with van der Waals surface area (Å²) in [5.74, 6) is -1.78. The molecule has 34 heavy (non-hydrogen) atoms. The molecule has 3 N–H and O–H groups in total. The minimum Gasteiger partial charge on any atom is -0.481 e. The van der Waals surface area contributed by atoms with Crippen molar-refractivity contribution in [1.82, 2.24) is 10.6 Å². The average molecular weight is 465 g/mol. The molecule has 3 atom stereocenters. The third-order valence-corrected chi connectivity index (χ3v) is 7.07. The monoisotopic (exact) mass is 464 g/mol. The summed E-state index contributed by atoms with van der Waals surface area (Å²) >= 11 is 0. The predicted molar refractivity (Wildman–Crippen MR) is 128 cm³/mol. The van der Waals surface area contributed by atoms with E-state index >= 15 is 0 Å². The molecule has 180 valence electrons. The highest BCUT2D eigenvalue weighted by Gasteiger charge is 2.31. The summed E-state index contributed by atoms with van der Waals surface area (Å²) < 4.78 is 5.56. The van der Waals surface area contributed by atoms with Crippen LogP contribution in [0.2, 0.25) is 0 Å².